The average molecular weight is 596 g/mol. The Labute approximate surface area is 252 Å². The van der Waals surface area contributed by atoms with Gasteiger partial charge in [0.1, 0.15) is 24.4 Å². The van der Waals surface area contributed by atoms with Crippen molar-refractivity contribution in [3.05, 3.63) is 65.7 Å². The van der Waals surface area contributed by atoms with E-state index in [4.69, 9.17) is 14.2 Å². The molecular formula is C32H41N3O8. The third-order valence-corrected chi connectivity index (χ3v) is 7.22. The molecule has 11 nitrogen and oxygen atoms in total. The van der Waals surface area contributed by atoms with E-state index in [1.54, 1.807) is 31.2 Å². The van der Waals surface area contributed by atoms with Crippen LogP contribution in [0.25, 0.3) is 0 Å². The van der Waals surface area contributed by atoms with E-state index in [0.29, 0.717) is 17.7 Å². The van der Waals surface area contributed by atoms with Gasteiger partial charge in [0, 0.05) is 5.56 Å². The van der Waals surface area contributed by atoms with Crippen LogP contribution in [0.4, 0.5) is 0 Å². The summed E-state index contributed by atoms with van der Waals surface area (Å²) >= 11 is 0. The summed E-state index contributed by atoms with van der Waals surface area (Å²) < 4.78 is 15.7. The molecule has 1 aliphatic rings. The number of ether oxygens (including phenoxy) is 3. The van der Waals surface area contributed by atoms with Crippen LogP contribution in [-0.4, -0.2) is 68.4 Å². The molecule has 232 valence electrons. The highest BCUT2D eigenvalue weighted by atomic mass is 16.5. The Kier molecular flexibility index (Phi) is 13.6. The number of rotatable bonds is 16. The molecule has 3 amide bonds. The summed E-state index contributed by atoms with van der Waals surface area (Å²) in [5, 5.41) is 7.70. The highest BCUT2D eigenvalue weighted by molar-refractivity contribution is 6.38. The Bertz CT molecular complexity index is 1210. The molecule has 1 aliphatic carbocycles. The molecule has 2 aromatic rings. The van der Waals surface area contributed by atoms with Crippen molar-refractivity contribution in [1.29, 1.82) is 0 Å². The molecule has 3 N–H and O–H groups in total. The minimum absolute atomic E-state index is 0.124. The van der Waals surface area contributed by atoms with E-state index < -0.39 is 48.1 Å². The van der Waals surface area contributed by atoms with Crippen LogP contribution in [0.3, 0.4) is 0 Å². The van der Waals surface area contributed by atoms with Crippen molar-refractivity contribution in [1.82, 2.24) is 16.0 Å². The van der Waals surface area contributed by atoms with Crippen molar-refractivity contribution in [2.45, 2.75) is 64.1 Å². The fourth-order valence-electron chi connectivity index (χ4n) is 4.91. The second-order valence-corrected chi connectivity index (χ2v) is 10.4. The van der Waals surface area contributed by atoms with Gasteiger partial charge in [-0.25, -0.2) is 0 Å². The summed E-state index contributed by atoms with van der Waals surface area (Å²) in [6.07, 6.45) is 5.46. The lowest BCUT2D eigenvalue weighted by Gasteiger charge is -2.28. The van der Waals surface area contributed by atoms with Crippen molar-refractivity contribution in [2.24, 2.45) is 5.92 Å². The molecule has 0 unspecified atom stereocenters. The van der Waals surface area contributed by atoms with Gasteiger partial charge in [-0.1, -0.05) is 62.4 Å². The lowest BCUT2D eigenvalue weighted by atomic mass is 9.84. The van der Waals surface area contributed by atoms with Gasteiger partial charge in [0.15, 0.2) is 0 Å². The van der Waals surface area contributed by atoms with Crippen LogP contribution >= 0.6 is 0 Å². The number of hydrogen-bond acceptors (Lipinski definition) is 8. The predicted octanol–water partition coefficient (Wildman–Crippen LogP) is 2.71. The maximum absolute atomic E-state index is 13.6. The number of esters is 1. The molecule has 2 atom stereocenters. The topological polar surface area (TPSA) is 149 Å². The van der Waals surface area contributed by atoms with Crippen molar-refractivity contribution >= 4 is 29.5 Å². The molecule has 0 spiro atoms. The third kappa shape index (κ3) is 11.2. The SMILES string of the molecule is CCOC(=O)CNC(=O)C(=O)[C@H](COCc1ccccc1)NC(=O)[C@H](CC1CCCCC1)NC(=O)c1ccc(OC)cc1. The molecule has 0 bridgehead atoms. The van der Waals surface area contributed by atoms with E-state index >= 15 is 0 Å². The molecule has 11 heteroatoms. The number of hydrogen-bond donors (Lipinski definition) is 3. The zero-order valence-corrected chi connectivity index (χ0v) is 24.8. The number of ketones is 1. The normalized spacial score (nSPS) is 14.6. The number of benzene rings is 2. The Morgan fingerprint density at radius 1 is 0.884 bits per heavy atom. The van der Waals surface area contributed by atoms with E-state index in [1.807, 2.05) is 30.3 Å². The van der Waals surface area contributed by atoms with Crippen molar-refractivity contribution in [3.8, 4) is 5.75 Å². The first-order chi connectivity index (χ1) is 20.8. The minimum atomic E-state index is -1.36. The van der Waals surface area contributed by atoms with Gasteiger partial charge in [0.05, 0.1) is 26.9 Å². The first-order valence-corrected chi connectivity index (χ1v) is 14.6. The van der Waals surface area contributed by atoms with Crippen LogP contribution in [0.5, 0.6) is 5.75 Å². The van der Waals surface area contributed by atoms with Gasteiger partial charge in [-0.2, -0.15) is 0 Å². The fourth-order valence-corrected chi connectivity index (χ4v) is 4.91. The fraction of sp³-hybridized carbons (Fsp3) is 0.469. The van der Waals surface area contributed by atoms with Gasteiger partial charge in [0.25, 0.3) is 11.8 Å². The molecule has 0 heterocycles. The average Bonchev–Trinajstić information content (AvgIpc) is 3.03. The maximum Gasteiger partial charge on any atom is 0.325 e. The minimum Gasteiger partial charge on any atom is -0.497 e. The number of carbonyl (C=O) groups is 5. The van der Waals surface area contributed by atoms with Crippen molar-refractivity contribution in [2.75, 3.05) is 26.9 Å². The lowest BCUT2D eigenvalue weighted by Crippen LogP contribution is -2.56. The van der Waals surface area contributed by atoms with Gasteiger partial charge >= 0.3 is 5.97 Å². The van der Waals surface area contributed by atoms with Gasteiger partial charge in [-0.15, -0.1) is 0 Å². The van der Waals surface area contributed by atoms with Gasteiger partial charge < -0.3 is 30.2 Å². The summed E-state index contributed by atoms with van der Waals surface area (Å²) in [4.78, 5) is 64.3. The highest BCUT2D eigenvalue weighted by Crippen LogP contribution is 2.27. The second kappa shape index (κ2) is 17.6. The summed E-state index contributed by atoms with van der Waals surface area (Å²) in [7, 11) is 1.53. The number of nitrogens with one attached hydrogen (secondary N) is 3. The molecule has 1 saturated carbocycles. The Balaban J connectivity index is 1.74. The Morgan fingerprint density at radius 2 is 1.58 bits per heavy atom. The van der Waals surface area contributed by atoms with Crippen LogP contribution in [0.15, 0.2) is 54.6 Å². The quantitative estimate of drug-likeness (QED) is 0.198. The molecule has 43 heavy (non-hydrogen) atoms. The highest BCUT2D eigenvalue weighted by Gasteiger charge is 2.32. The summed E-state index contributed by atoms with van der Waals surface area (Å²) in [5.41, 5.74) is 1.19. The number of methoxy groups -OCH3 is 1. The third-order valence-electron chi connectivity index (χ3n) is 7.22. The molecule has 0 aromatic heterocycles. The monoisotopic (exact) mass is 595 g/mol. The Morgan fingerprint density at radius 3 is 2.23 bits per heavy atom. The smallest absolute Gasteiger partial charge is 0.325 e. The van der Waals surface area contributed by atoms with Gasteiger partial charge in [-0.3, -0.25) is 24.0 Å². The van der Waals surface area contributed by atoms with Crippen molar-refractivity contribution < 1.29 is 38.2 Å². The summed E-state index contributed by atoms with van der Waals surface area (Å²) in [6.45, 7) is 1.10. The standard InChI is InChI=1S/C32H41N3O8/c1-3-43-28(36)19-33-32(40)29(37)27(21-42-20-23-12-8-5-9-13-23)35-31(39)26(18-22-10-6-4-7-11-22)34-30(38)24-14-16-25(41-2)17-15-24/h5,8-9,12-17,22,26-27H,3-4,6-7,10-11,18-21H2,1-2H3,(H,33,40)(H,34,38)(H,35,39)/t26-,27-/m0/s1. The van der Waals surface area contributed by atoms with Crippen LogP contribution in [0.1, 0.15) is 61.4 Å². The van der Waals surface area contributed by atoms with Crippen molar-refractivity contribution in [3.63, 3.8) is 0 Å². The molecule has 3 rings (SSSR count). The maximum atomic E-state index is 13.6. The van der Waals surface area contributed by atoms with E-state index in [0.717, 1.165) is 37.7 Å². The van der Waals surface area contributed by atoms with E-state index in [9.17, 15) is 24.0 Å². The largest absolute Gasteiger partial charge is 0.497 e. The Hall–Kier alpha value is -4.25. The van der Waals surface area contributed by atoms with Gasteiger partial charge in [0.2, 0.25) is 11.7 Å². The first-order valence-electron chi connectivity index (χ1n) is 14.6. The summed E-state index contributed by atoms with van der Waals surface area (Å²) in [6, 6.07) is 13.4. The van der Waals surface area contributed by atoms with Gasteiger partial charge in [-0.05, 0) is 49.1 Å². The van der Waals surface area contributed by atoms with E-state index in [-0.39, 0.29) is 25.7 Å². The number of amides is 3. The predicted molar refractivity (Wildman–Crippen MR) is 158 cm³/mol. The molecule has 0 saturated heterocycles. The molecule has 0 aliphatic heterocycles. The molecule has 0 radical (unpaired) electrons. The molecule has 1 fully saturated rings. The lowest BCUT2D eigenvalue weighted by molar-refractivity contribution is -0.146. The summed E-state index contributed by atoms with van der Waals surface area (Å²) in [5.74, 6) is -2.99. The number of carbonyl (C=O) groups excluding carboxylic acids is 5. The number of Topliss-reactive ketones (excluding diaryl/α,β-unsaturated/α-hetero) is 1. The zero-order chi connectivity index (χ0) is 31.0. The van der Waals surface area contributed by atoms with Crippen LogP contribution in [0.2, 0.25) is 0 Å². The van der Waals surface area contributed by atoms with E-state index in [2.05, 4.69) is 16.0 Å². The van der Waals surface area contributed by atoms with Crippen LogP contribution in [0, 0.1) is 5.92 Å². The van der Waals surface area contributed by atoms with Crippen LogP contribution < -0.4 is 20.7 Å². The van der Waals surface area contributed by atoms with Crippen LogP contribution in [-0.2, 0) is 35.3 Å². The molecule has 2 aromatic carbocycles. The first kappa shape index (κ1) is 33.3. The zero-order valence-electron chi connectivity index (χ0n) is 24.8. The van der Waals surface area contributed by atoms with E-state index in [1.165, 1.54) is 7.11 Å². The molecular weight excluding hydrogens is 554 g/mol. The second-order valence-electron chi connectivity index (χ2n) is 10.4.